The molecule has 0 saturated carbocycles. The van der Waals surface area contributed by atoms with Gasteiger partial charge in [-0.25, -0.2) is 4.98 Å². The standard InChI is InChI=1S/C15H21N3O/c1-15(2,3)13-9-10(7-8-17-13)11-5-4-6-12(18-11)14(16)19/h4-6,9,13,17H,7-8H2,1-3H3,(H2,16,19). The summed E-state index contributed by atoms with van der Waals surface area (Å²) in [7, 11) is 0. The number of hydrogen-bond acceptors (Lipinski definition) is 3. The van der Waals surface area contributed by atoms with E-state index in [9.17, 15) is 4.79 Å². The number of rotatable bonds is 2. The van der Waals surface area contributed by atoms with E-state index in [1.54, 1.807) is 6.07 Å². The first-order chi connectivity index (χ1) is 8.88. The summed E-state index contributed by atoms with van der Waals surface area (Å²) in [4.78, 5) is 15.5. The summed E-state index contributed by atoms with van der Waals surface area (Å²) in [6, 6.07) is 5.73. The van der Waals surface area contributed by atoms with Crippen molar-refractivity contribution in [3.8, 4) is 0 Å². The molecule has 1 unspecified atom stereocenters. The number of nitrogens with two attached hydrogens (primary N) is 1. The number of aromatic nitrogens is 1. The second-order valence-corrected chi connectivity index (χ2v) is 6.01. The summed E-state index contributed by atoms with van der Waals surface area (Å²) >= 11 is 0. The molecule has 1 aliphatic heterocycles. The topological polar surface area (TPSA) is 68.0 Å². The lowest BCUT2D eigenvalue weighted by molar-refractivity contribution is 0.0995. The Morgan fingerprint density at radius 3 is 2.79 bits per heavy atom. The van der Waals surface area contributed by atoms with Crippen LogP contribution in [0.5, 0.6) is 0 Å². The quantitative estimate of drug-likeness (QED) is 0.853. The van der Waals surface area contributed by atoms with Gasteiger partial charge in [-0.2, -0.15) is 0 Å². The Morgan fingerprint density at radius 2 is 2.16 bits per heavy atom. The van der Waals surface area contributed by atoms with Gasteiger partial charge in [0.25, 0.3) is 5.91 Å². The first-order valence-corrected chi connectivity index (χ1v) is 6.59. The Balaban J connectivity index is 2.33. The van der Waals surface area contributed by atoms with Gasteiger partial charge in [-0.05, 0) is 36.1 Å². The molecule has 1 aliphatic rings. The number of nitrogens with one attached hydrogen (secondary N) is 1. The van der Waals surface area contributed by atoms with Crippen molar-refractivity contribution in [3.05, 3.63) is 35.7 Å². The minimum Gasteiger partial charge on any atom is -0.364 e. The molecule has 0 aliphatic carbocycles. The fourth-order valence-electron chi connectivity index (χ4n) is 2.23. The van der Waals surface area contributed by atoms with Gasteiger partial charge in [-0.1, -0.05) is 32.9 Å². The van der Waals surface area contributed by atoms with Crippen LogP contribution in [-0.2, 0) is 0 Å². The van der Waals surface area contributed by atoms with Crippen LogP contribution < -0.4 is 11.1 Å². The van der Waals surface area contributed by atoms with E-state index >= 15 is 0 Å². The van der Waals surface area contributed by atoms with Crippen LogP contribution >= 0.6 is 0 Å². The molecule has 1 atom stereocenters. The average molecular weight is 259 g/mol. The highest BCUT2D eigenvalue weighted by Gasteiger charge is 2.25. The first-order valence-electron chi connectivity index (χ1n) is 6.59. The van der Waals surface area contributed by atoms with Gasteiger partial charge < -0.3 is 11.1 Å². The van der Waals surface area contributed by atoms with Gasteiger partial charge in [0.05, 0.1) is 5.69 Å². The molecule has 4 nitrogen and oxygen atoms in total. The molecule has 19 heavy (non-hydrogen) atoms. The Morgan fingerprint density at radius 1 is 1.42 bits per heavy atom. The maximum Gasteiger partial charge on any atom is 0.267 e. The van der Waals surface area contributed by atoms with Crippen molar-refractivity contribution in [1.82, 2.24) is 10.3 Å². The lowest BCUT2D eigenvalue weighted by atomic mass is 9.83. The van der Waals surface area contributed by atoms with Crippen LogP contribution in [0.1, 0.15) is 43.4 Å². The highest BCUT2D eigenvalue weighted by Crippen LogP contribution is 2.28. The molecule has 0 saturated heterocycles. The van der Waals surface area contributed by atoms with Gasteiger partial charge in [0, 0.05) is 6.04 Å². The van der Waals surface area contributed by atoms with Crippen LogP contribution in [0.15, 0.2) is 24.3 Å². The molecule has 4 heteroatoms. The summed E-state index contributed by atoms with van der Waals surface area (Å²) in [6.07, 6.45) is 3.14. The minimum absolute atomic E-state index is 0.160. The molecule has 1 amide bonds. The minimum atomic E-state index is -0.483. The van der Waals surface area contributed by atoms with Crippen molar-refractivity contribution in [2.45, 2.75) is 33.2 Å². The zero-order valence-electron chi connectivity index (χ0n) is 11.7. The van der Waals surface area contributed by atoms with Crippen LogP contribution in [0, 0.1) is 5.41 Å². The van der Waals surface area contributed by atoms with E-state index in [0.717, 1.165) is 18.7 Å². The van der Waals surface area contributed by atoms with E-state index in [0.29, 0.717) is 11.7 Å². The molecule has 2 rings (SSSR count). The molecule has 0 fully saturated rings. The van der Waals surface area contributed by atoms with E-state index < -0.39 is 5.91 Å². The van der Waals surface area contributed by atoms with Gasteiger partial charge in [0.1, 0.15) is 5.69 Å². The van der Waals surface area contributed by atoms with Crippen LogP contribution in [0.25, 0.3) is 5.57 Å². The maximum atomic E-state index is 11.2. The molecular formula is C15H21N3O. The summed E-state index contributed by atoms with van der Waals surface area (Å²) in [5.74, 6) is -0.483. The highest BCUT2D eigenvalue weighted by molar-refractivity contribution is 5.91. The number of nitrogens with zero attached hydrogens (tertiary/aromatic N) is 1. The fraction of sp³-hybridized carbons (Fsp3) is 0.467. The van der Waals surface area contributed by atoms with Crippen molar-refractivity contribution in [2.24, 2.45) is 11.1 Å². The number of pyridine rings is 1. The van der Waals surface area contributed by atoms with Crippen molar-refractivity contribution in [1.29, 1.82) is 0 Å². The monoisotopic (exact) mass is 259 g/mol. The van der Waals surface area contributed by atoms with E-state index in [1.807, 2.05) is 12.1 Å². The third-order valence-corrected chi connectivity index (χ3v) is 3.39. The second kappa shape index (κ2) is 5.13. The summed E-state index contributed by atoms with van der Waals surface area (Å²) in [6.45, 7) is 7.54. The molecule has 1 aromatic rings. The number of carbonyl (C=O) groups excluding carboxylic acids is 1. The van der Waals surface area contributed by atoms with E-state index in [1.165, 1.54) is 5.57 Å². The molecule has 1 aromatic heterocycles. The lowest BCUT2D eigenvalue weighted by Gasteiger charge is -2.33. The van der Waals surface area contributed by atoms with Crippen LogP contribution in [0.4, 0.5) is 0 Å². The zero-order valence-corrected chi connectivity index (χ0v) is 11.7. The van der Waals surface area contributed by atoms with Gasteiger partial charge >= 0.3 is 0 Å². The lowest BCUT2D eigenvalue weighted by Crippen LogP contribution is -2.41. The largest absolute Gasteiger partial charge is 0.364 e. The first kappa shape index (κ1) is 13.7. The second-order valence-electron chi connectivity index (χ2n) is 6.01. The van der Waals surface area contributed by atoms with E-state index in [2.05, 4.69) is 37.1 Å². The fourth-order valence-corrected chi connectivity index (χ4v) is 2.23. The molecule has 0 bridgehead atoms. The molecular weight excluding hydrogens is 238 g/mol. The number of amides is 1. The summed E-state index contributed by atoms with van der Waals surface area (Å²) < 4.78 is 0. The predicted molar refractivity (Wildman–Crippen MR) is 76.6 cm³/mol. The van der Waals surface area contributed by atoms with E-state index in [4.69, 9.17) is 5.73 Å². The molecule has 102 valence electrons. The average Bonchev–Trinajstić information content (AvgIpc) is 2.38. The SMILES string of the molecule is CC(C)(C)C1C=C(c2cccc(C(N)=O)n2)CCN1. The van der Waals surface area contributed by atoms with Crippen molar-refractivity contribution < 1.29 is 4.79 Å². The van der Waals surface area contributed by atoms with Crippen LogP contribution in [0.3, 0.4) is 0 Å². The third-order valence-electron chi connectivity index (χ3n) is 3.39. The van der Waals surface area contributed by atoms with E-state index in [-0.39, 0.29) is 5.41 Å². The Kier molecular flexibility index (Phi) is 3.71. The molecule has 0 spiro atoms. The number of hydrogen-bond donors (Lipinski definition) is 2. The highest BCUT2D eigenvalue weighted by atomic mass is 16.1. The smallest absolute Gasteiger partial charge is 0.267 e. The maximum absolute atomic E-state index is 11.2. The normalized spacial score (nSPS) is 19.9. The molecule has 0 radical (unpaired) electrons. The van der Waals surface area contributed by atoms with Gasteiger partial charge in [-0.3, -0.25) is 4.79 Å². The molecule has 2 heterocycles. The van der Waals surface area contributed by atoms with Crippen molar-refractivity contribution in [2.75, 3.05) is 6.54 Å². The summed E-state index contributed by atoms with van der Waals surface area (Å²) in [5.41, 5.74) is 7.79. The predicted octanol–water partition coefficient (Wildman–Crippen LogP) is 1.97. The molecule has 3 N–H and O–H groups in total. The van der Waals surface area contributed by atoms with Gasteiger partial charge in [0.2, 0.25) is 0 Å². The Bertz CT molecular complexity index is 514. The van der Waals surface area contributed by atoms with Gasteiger partial charge in [-0.15, -0.1) is 0 Å². The van der Waals surface area contributed by atoms with Crippen LogP contribution in [-0.4, -0.2) is 23.5 Å². The van der Waals surface area contributed by atoms with Gasteiger partial charge in [0.15, 0.2) is 0 Å². The van der Waals surface area contributed by atoms with Crippen LogP contribution in [0.2, 0.25) is 0 Å². The zero-order chi connectivity index (χ0) is 14.0. The Hall–Kier alpha value is -1.68. The van der Waals surface area contributed by atoms with Crippen molar-refractivity contribution >= 4 is 11.5 Å². The molecule has 0 aromatic carbocycles. The number of primary amides is 1. The number of carbonyl (C=O) groups is 1. The summed E-state index contributed by atoms with van der Waals surface area (Å²) in [5, 5.41) is 3.50. The van der Waals surface area contributed by atoms with Crippen molar-refractivity contribution in [3.63, 3.8) is 0 Å². The Labute approximate surface area is 114 Å². The third kappa shape index (κ3) is 3.20.